The van der Waals surface area contributed by atoms with E-state index < -0.39 is 0 Å². The highest BCUT2D eigenvalue weighted by atomic mass is 16.5. The van der Waals surface area contributed by atoms with Crippen LogP contribution < -0.4 is 14.5 Å². The van der Waals surface area contributed by atoms with Crippen LogP contribution in [0.25, 0.3) is 24.3 Å². The minimum Gasteiger partial charge on any atom is -0.497 e. The molecule has 0 unspecified atom stereocenters. The van der Waals surface area contributed by atoms with Gasteiger partial charge in [0.1, 0.15) is 11.5 Å². The van der Waals surface area contributed by atoms with Gasteiger partial charge in [0.15, 0.2) is 5.78 Å². The summed E-state index contributed by atoms with van der Waals surface area (Å²) < 4.78 is 5.38. The van der Waals surface area contributed by atoms with Gasteiger partial charge in [0.2, 0.25) is 0 Å². The summed E-state index contributed by atoms with van der Waals surface area (Å²) in [4.78, 5) is 28.3. The molecule has 0 bridgehead atoms. The SMILES string of the molecule is COc1ccc(N(c2ccccc2)c2ccc(C=Cc3ccc(C=Cc4ccc(N(c5ccccc5)c5ccc(C(=O)CC(C)=O)cc5)cc4)cc3)cc2)cc1. The summed E-state index contributed by atoms with van der Waals surface area (Å²) in [5.74, 6) is 0.519. The first-order valence-corrected chi connectivity index (χ1v) is 18.6. The number of ether oxygens (including phenoxy) is 1. The molecule has 0 amide bonds. The molecule has 0 aliphatic rings. The summed E-state index contributed by atoms with van der Waals surface area (Å²) in [5, 5.41) is 0. The topological polar surface area (TPSA) is 49.9 Å². The minimum absolute atomic E-state index is 0.0875. The lowest BCUT2D eigenvalue weighted by molar-refractivity contribution is -0.116. The zero-order valence-electron chi connectivity index (χ0n) is 31.5. The average Bonchev–Trinajstić information content (AvgIpc) is 3.25. The highest BCUT2D eigenvalue weighted by molar-refractivity contribution is 6.07. The molecule has 0 aliphatic carbocycles. The Morgan fingerprint density at radius 3 is 1.07 bits per heavy atom. The van der Waals surface area contributed by atoms with Crippen molar-refractivity contribution in [1.82, 2.24) is 0 Å². The fraction of sp³-hybridized carbons (Fsp3) is 0.0588. The first kappa shape index (κ1) is 37.1. The summed E-state index contributed by atoms with van der Waals surface area (Å²) in [6.45, 7) is 1.43. The lowest BCUT2D eigenvalue weighted by Gasteiger charge is -2.25. The standard InChI is InChI=1S/C51H42N2O3/c1-38(54)37-51(55)43-25-31-48(32-26-43)52(44-9-5-3-6-10-44)46-27-21-41(22-28-46)19-17-39-13-15-40(16-14-39)18-20-42-23-29-47(30-24-42)53(45-11-7-4-8-12-45)49-33-35-50(56-2)36-34-49/h3-36H,37H2,1-2H3. The molecule has 0 N–H and O–H groups in total. The Morgan fingerprint density at radius 2 is 0.732 bits per heavy atom. The van der Waals surface area contributed by atoms with Crippen LogP contribution in [0.5, 0.6) is 5.75 Å². The van der Waals surface area contributed by atoms with Gasteiger partial charge in [0.05, 0.1) is 13.5 Å². The van der Waals surface area contributed by atoms with E-state index in [9.17, 15) is 9.59 Å². The Labute approximate surface area is 329 Å². The average molecular weight is 731 g/mol. The summed E-state index contributed by atoms with van der Waals surface area (Å²) >= 11 is 0. The van der Waals surface area contributed by atoms with E-state index in [0.29, 0.717) is 5.56 Å². The maximum absolute atomic E-state index is 12.4. The van der Waals surface area contributed by atoms with Gasteiger partial charge in [-0.05, 0) is 126 Å². The number of hydrogen-bond donors (Lipinski definition) is 0. The molecular weight excluding hydrogens is 689 g/mol. The van der Waals surface area contributed by atoms with Gasteiger partial charge in [-0.1, -0.05) is 109 Å². The number of nitrogens with zero attached hydrogens (tertiary/aromatic N) is 2. The van der Waals surface area contributed by atoms with Crippen molar-refractivity contribution >= 4 is 70.0 Å². The van der Waals surface area contributed by atoms with Crippen LogP contribution in [0.4, 0.5) is 34.1 Å². The van der Waals surface area contributed by atoms with E-state index in [2.05, 4.69) is 155 Å². The minimum atomic E-state index is -0.170. The monoisotopic (exact) mass is 730 g/mol. The molecule has 7 rings (SSSR count). The molecule has 56 heavy (non-hydrogen) atoms. The number of benzene rings is 7. The van der Waals surface area contributed by atoms with Crippen LogP contribution in [-0.2, 0) is 4.79 Å². The highest BCUT2D eigenvalue weighted by Crippen LogP contribution is 2.36. The number of methoxy groups -OCH3 is 1. The lowest BCUT2D eigenvalue weighted by Crippen LogP contribution is -2.10. The van der Waals surface area contributed by atoms with Gasteiger partial charge in [-0.25, -0.2) is 0 Å². The molecule has 7 aromatic rings. The number of Topliss-reactive ketones (excluding diaryl/α,β-unsaturated/α-hetero) is 2. The van der Waals surface area contributed by atoms with Gasteiger partial charge < -0.3 is 14.5 Å². The molecule has 0 spiro atoms. The molecule has 5 heteroatoms. The van der Waals surface area contributed by atoms with Crippen molar-refractivity contribution in [3.05, 3.63) is 210 Å². The predicted molar refractivity (Wildman–Crippen MR) is 233 cm³/mol. The van der Waals surface area contributed by atoms with E-state index in [1.54, 1.807) is 19.2 Å². The van der Waals surface area contributed by atoms with Crippen molar-refractivity contribution in [2.45, 2.75) is 13.3 Å². The largest absolute Gasteiger partial charge is 0.497 e. The smallest absolute Gasteiger partial charge is 0.170 e. The van der Waals surface area contributed by atoms with Crippen molar-refractivity contribution in [2.24, 2.45) is 0 Å². The molecule has 0 atom stereocenters. The Balaban J connectivity index is 1.01. The van der Waals surface area contributed by atoms with Crippen molar-refractivity contribution in [3.63, 3.8) is 0 Å². The number of hydrogen-bond acceptors (Lipinski definition) is 5. The Morgan fingerprint density at radius 1 is 0.429 bits per heavy atom. The predicted octanol–water partition coefficient (Wildman–Crippen LogP) is 13.1. The fourth-order valence-electron chi connectivity index (χ4n) is 6.48. The summed E-state index contributed by atoms with van der Waals surface area (Å²) in [5.41, 5.74) is 11.1. The lowest BCUT2D eigenvalue weighted by atomic mass is 10.1. The van der Waals surface area contributed by atoms with Crippen LogP contribution in [0.1, 0.15) is 46.0 Å². The summed E-state index contributed by atoms with van der Waals surface area (Å²) in [6.07, 6.45) is 8.42. The quantitative estimate of drug-likeness (QED) is 0.0633. The van der Waals surface area contributed by atoms with Crippen molar-refractivity contribution in [1.29, 1.82) is 0 Å². The fourth-order valence-corrected chi connectivity index (χ4v) is 6.48. The second kappa shape index (κ2) is 17.7. The normalized spacial score (nSPS) is 11.1. The molecule has 274 valence electrons. The van der Waals surface area contributed by atoms with Gasteiger partial charge in [-0.15, -0.1) is 0 Å². The molecule has 0 saturated heterocycles. The van der Waals surface area contributed by atoms with E-state index in [4.69, 9.17) is 4.74 Å². The van der Waals surface area contributed by atoms with Crippen molar-refractivity contribution in [2.75, 3.05) is 16.9 Å². The van der Waals surface area contributed by atoms with Crippen LogP contribution in [-0.4, -0.2) is 18.7 Å². The van der Waals surface area contributed by atoms with Gasteiger partial charge in [0, 0.05) is 39.7 Å². The van der Waals surface area contributed by atoms with Crippen LogP contribution in [0, 0.1) is 0 Å². The molecular formula is C51H42N2O3. The maximum atomic E-state index is 12.4. The Kier molecular flexibility index (Phi) is 11.7. The van der Waals surface area contributed by atoms with Crippen LogP contribution >= 0.6 is 0 Å². The first-order valence-electron chi connectivity index (χ1n) is 18.6. The van der Waals surface area contributed by atoms with E-state index >= 15 is 0 Å². The Bertz CT molecular complexity index is 2420. The number of para-hydroxylation sites is 2. The molecule has 7 aromatic carbocycles. The molecule has 0 radical (unpaired) electrons. The molecule has 0 fully saturated rings. The molecule has 0 saturated carbocycles. The number of rotatable bonds is 14. The third-order valence-electron chi connectivity index (χ3n) is 9.39. The van der Waals surface area contributed by atoms with Gasteiger partial charge in [0.25, 0.3) is 0 Å². The number of anilines is 6. The van der Waals surface area contributed by atoms with Gasteiger partial charge in [-0.3, -0.25) is 9.59 Å². The van der Waals surface area contributed by atoms with E-state index in [0.717, 1.165) is 62.1 Å². The van der Waals surface area contributed by atoms with Crippen LogP contribution in [0.15, 0.2) is 182 Å². The van der Waals surface area contributed by atoms with E-state index in [1.165, 1.54) is 6.92 Å². The number of carbonyl (C=O) groups is 2. The number of ketones is 2. The molecule has 5 nitrogen and oxygen atoms in total. The molecule has 0 heterocycles. The summed E-state index contributed by atoms with van der Waals surface area (Å²) in [6, 6.07) is 61.5. The maximum Gasteiger partial charge on any atom is 0.170 e. The van der Waals surface area contributed by atoms with Crippen LogP contribution in [0.2, 0.25) is 0 Å². The second-order valence-corrected chi connectivity index (χ2v) is 13.4. The summed E-state index contributed by atoms with van der Waals surface area (Å²) in [7, 11) is 1.68. The zero-order valence-corrected chi connectivity index (χ0v) is 31.5. The van der Waals surface area contributed by atoms with Crippen molar-refractivity contribution in [3.8, 4) is 5.75 Å². The molecule has 0 aromatic heterocycles. The number of carbonyl (C=O) groups excluding carboxylic acids is 2. The van der Waals surface area contributed by atoms with E-state index in [1.807, 2.05) is 48.5 Å². The van der Waals surface area contributed by atoms with E-state index in [-0.39, 0.29) is 18.0 Å². The van der Waals surface area contributed by atoms with Gasteiger partial charge in [-0.2, -0.15) is 0 Å². The second-order valence-electron chi connectivity index (χ2n) is 13.4. The highest BCUT2D eigenvalue weighted by Gasteiger charge is 2.15. The van der Waals surface area contributed by atoms with Crippen molar-refractivity contribution < 1.29 is 14.3 Å². The third kappa shape index (κ3) is 9.27. The molecule has 0 aliphatic heterocycles. The van der Waals surface area contributed by atoms with Gasteiger partial charge >= 0.3 is 0 Å². The third-order valence-corrected chi connectivity index (χ3v) is 9.39. The zero-order chi connectivity index (χ0) is 38.7. The first-order chi connectivity index (χ1) is 27.4. The van der Waals surface area contributed by atoms with Crippen LogP contribution in [0.3, 0.4) is 0 Å². The Hall–Kier alpha value is -7.24.